The predicted molar refractivity (Wildman–Crippen MR) is 74.5 cm³/mol. The summed E-state index contributed by atoms with van der Waals surface area (Å²) in [7, 11) is 0. The highest BCUT2D eigenvalue weighted by Gasteiger charge is 2.10. The highest BCUT2D eigenvalue weighted by Crippen LogP contribution is 2.21. The Morgan fingerprint density at radius 1 is 1.35 bits per heavy atom. The molecule has 1 amide bonds. The van der Waals surface area contributed by atoms with Gasteiger partial charge in [-0.15, -0.1) is 0 Å². The molecule has 0 saturated heterocycles. The largest absolute Gasteiger partial charge is 0.476 e. The summed E-state index contributed by atoms with van der Waals surface area (Å²) in [4.78, 5) is 16.2. The van der Waals surface area contributed by atoms with Gasteiger partial charge in [0.15, 0.2) is 0 Å². The van der Waals surface area contributed by atoms with E-state index in [1.165, 1.54) is 0 Å². The van der Waals surface area contributed by atoms with E-state index in [1.54, 1.807) is 42.6 Å². The molecule has 1 heterocycles. The Morgan fingerprint density at radius 3 is 2.75 bits per heavy atom. The fourth-order valence-electron chi connectivity index (χ4n) is 1.63. The van der Waals surface area contributed by atoms with Crippen molar-refractivity contribution in [1.82, 2.24) is 4.98 Å². The molecule has 0 fully saturated rings. The highest BCUT2D eigenvalue weighted by atomic mass is 16.5. The predicted octanol–water partition coefficient (Wildman–Crippen LogP) is 2.60. The number of pyridine rings is 1. The van der Waals surface area contributed by atoms with Gasteiger partial charge >= 0.3 is 0 Å². The number of anilines is 1. The quantitative estimate of drug-likeness (QED) is 0.923. The van der Waals surface area contributed by atoms with E-state index in [2.05, 4.69) is 10.3 Å². The normalized spacial score (nSPS) is 9.60. The standard InChI is InChI=1S/C15H13N3O2/c1-2-20-15-13(4-3-9-17-15)18-14(19)12-7-5-11(10-16)6-8-12/h3-9H,2H2,1H3,(H,18,19). The Labute approximate surface area is 116 Å². The molecule has 100 valence electrons. The average Bonchev–Trinajstić information content (AvgIpc) is 2.49. The van der Waals surface area contributed by atoms with Crippen LogP contribution in [0.25, 0.3) is 0 Å². The Kier molecular flexibility index (Phi) is 4.30. The second-order valence-electron chi connectivity index (χ2n) is 3.93. The Balaban J connectivity index is 2.17. The van der Waals surface area contributed by atoms with Gasteiger partial charge < -0.3 is 10.1 Å². The van der Waals surface area contributed by atoms with Crippen LogP contribution in [0.5, 0.6) is 5.88 Å². The summed E-state index contributed by atoms with van der Waals surface area (Å²) >= 11 is 0. The van der Waals surface area contributed by atoms with Gasteiger partial charge in [-0.2, -0.15) is 5.26 Å². The Bertz CT molecular complexity index is 645. The number of hydrogen-bond acceptors (Lipinski definition) is 4. The molecule has 0 aliphatic rings. The van der Waals surface area contributed by atoms with E-state index >= 15 is 0 Å². The maximum atomic E-state index is 12.1. The van der Waals surface area contributed by atoms with Crippen LogP contribution in [-0.2, 0) is 0 Å². The molecule has 0 spiro atoms. The number of carbonyl (C=O) groups excluding carboxylic acids is 1. The van der Waals surface area contributed by atoms with Crippen LogP contribution in [0.4, 0.5) is 5.69 Å². The number of aromatic nitrogens is 1. The molecule has 0 saturated carbocycles. The summed E-state index contributed by atoms with van der Waals surface area (Å²) < 4.78 is 5.34. The maximum absolute atomic E-state index is 12.1. The number of rotatable bonds is 4. The molecule has 1 aromatic carbocycles. The zero-order chi connectivity index (χ0) is 14.4. The second kappa shape index (κ2) is 6.34. The molecule has 5 heteroatoms. The Morgan fingerprint density at radius 2 is 2.10 bits per heavy atom. The molecule has 1 N–H and O–H groups in total. The van der Waals surface area contributed by atoms with Crippen LogP contribution in [0, 0.1) is 11.3 Å². The van der Waals surface area contributed by atoms with E-state index in [-0.39, 0.29) is 5.91 Å². The van der Waals surface area contributed by atoms with Crippen molar-refractivity contribution in [3.8, 4) is 11.9 Å². The third kappa shape index (κ3) is 3.12. The monoisotopic (exact) mass is 267 g/mol. The lowest BCUT2D eigenvalue weighted by atomic mass is 10.1. The average molecular weight is 267 g/mol. The van der Waals surface area contributed by atoms with Crippen LogP contribution in [0.2, 0.25) is 0 Å². The number of nitrogens with one attached hydrogen (secondary N) is 1. The first-order valence-corrected chi connectivity index (χ1v) is 6.14. The molecule has 2 rings (SSSR count). The number of carbonyl (C=O) groups is 1. The lowest BCUT2D eigenvalue weighted by molar-refractivity contribution is 0.102. The van der Waals surface area contributed by atoms with Gasteiger partial charge in [-0.1, -0.05) is 0 Å². The summed E-state index contributed by atoms with van der Waals surface area (Å²) in [6.45, 7) is 2.32. The lowest BCUT2D eigenvalue weighted by Crippen LogP contribution is -2.13. The summed E-state index contributed by atoms with van der Waals surface area (Å²) in [5, 5.41) is 11.5. The van der Waals surface area contributed by atoms with E-state index in [1.807, 2.05) is 13.0 Å². The van der Waals surface area contributed by atoms with Crippen LogP contribution in [0.15, 0.2) is 42.6 Å². The topological polar surface area (TPSA) is 75.0 Å². The minimum absolute atomic E-state index is 0.275. The van der Waals surface area contributed by atoms with Crippen molar-refractivity contribution < 1.29 is 9.53 Å². The summed E-state index contributed by atoms with van der Waals surface area (Å²) in [6, 6.07) is 11.8. The second-order valence-corrected chi connectivity index (χ2v) is 3.93. The first-order chi connectivity index (χ1) is 9.74. The van der Waals surface area contributed by atoms with E-state index < -0.39 is 0 Å². The first-order valence-electron chi connectivity index (χ1n) is 6.14. The fourth-order valence-corrected chi connectivity index (χ4v) is 1.63. The van der Waals surface area contributed by atoms with Crippen molar-refractivity contribution in [2.24, 2.45) is 0 Å². The van der Waals surface area contributed by atoms with E-state index in [0.717, 1.165) is 0 Å². The van der Waals surface area contributed by atoms with Gasteiger partial charge in [-0.25, -0.2) is 4.98 Å². The number of nitrogens with zero attached hydrogens (tertiary/aromatic N) is 2. The summed E-state index contributed by atoms with van der Waals surface area (Å²) in [5.41, 5.74) is 1.50. The first kappa shape index (κ1) is 13.6. The van der Waals surface area contributed by atoms with Crippen LogP contribution in [-0.4, -0.2) is 17.5 Å². The smallest absolute Gasteiger partial charge is 0.255 e. The number of benzene rings is 1. The van der Waals surface area contributed by atoms with Crippen molar-refractivity contribution in [3.63, 3.8) is 0 Å². The third-order valence-corrected chi connectivity index (χ3v) is 2.58. The summed E-state index contributed by atoms with van der Waals surface area (Å²) in [5.74, 6) is 0.112. The van der Waals surface area contributed by atoms with E-state index in [9.17, 15) is 4.79 Å². The van der Waals surface area contributed by atoms with Crippen LogP contribution >= 0.6 is 0 Å². The number of ether oxygens (including phenoxy) is 1. The third-order valence-electron chi connectivity index (χ3n) is 2.58. The van der Waals surface area contributed by atoms with Gasteiger partial charge in [0, 0.05) is 11.8 Å². The van der Waals surface area contributed by atoms with E-state index in [0.29, 0.717) is 29.3 Å². The molecular weight excluding hydrogens is 254 g/mol. The van der Waals surface area contributed by atoms with Crippen molar-refractivity contribution in [2.45, 2.75) is 6.92 Å². The molecule has 0 aliphatic heterocycles. The van der Waals surface area contributed by atoms with Crippen molar-refractivity contribution in [1.29, 1.82) is 5.26 Å². The summed E-state index contributed by atoms with van der Waals surface area (Å²) in [6.07, 6.45) is 1.60. The maximum Gasteiger partial charge on any atom is 0.255 e. The van der Waals surface area contributed by atoms with Crippen molar-refractivity contribution in [3.05, 3.63) is 53.7 Å². The fraction of sp³-hybridized carbons (Fsp3) is 0.133. The van der Waals surface area contributed by atoms with Gasteiger partial charge in [0.05, 0.1) is 18.2 Å². The zero-order valence-electron chi connectivity index (χ0n) is 11.0. The van der Waals surface area contributed by atoms with Crippen LogP contribution in [0.3, 0.4) is 0 Å². The molecule has 5 nitrogen and oxygen atoms in total. The molecule has 1 aromatic heterocycles. The molecular formula is C15H13N3O2. The number of amides is 1. The van der Waals surface area contributed by atoms with E-state index in [4.69, 9.17) is 10.00 Å². The van der Waals surface area contributed by atoms with Gasteiger partial charge in [-0.3, -0.25) is 4.79 Å². The van der Waals surface area contributed by atoms with Gasteiger partial charge in [0.1, 0.15) is 5.69 Å². The van der Waals surface area contributed by atoms with Crippen molar-refractivity contribution in [2.75, 3.05) is 11.9 Å². The highest BCUT2D eigenvalue weighted by molar-refractivity contribution is 6.04. The molecule has 0 bridgehead atoms. The minimum atomic E-state index is -0.275. The zero-order valence-corrected chi connectivity index (χ0v) is 11.0. The van der Waals surface area contributed by atoms with Crippen molar-refractivity contribution >= 4 is 11.6 Å². The number of nitriles is 1. The SMILES string of the molecule is CCOc1ncccc1NC(=O)c1ccc(C#N)cc1. The lowest BCUT2D eigenvalue weighted by Gasteiger charge is -2.09. The molecule has 0 atom stereocenters. The molecule has 0 radical (unpaired) electrons. The Hall–Kier alpha value is -2.87. The molecule has 0 aliphatic carbocycles. The van der Waals surface area contributed by atoms with Gasteiger partial charge in [0.2, 0.25) is 5.88 Å². The molecule has 2 aromatic rings. The van der Waals surface area contributed by atoms with Crippen LogP contribution < -0.4 is 10.1 Å². The molecule has 0 unspecified atom stereocenters. The van der Waals surface area contributed by atoms with Gasteiger partial charge in [-0.05, 0) is 43.3 Å². The number of hydrogen-bond donors (Lipinski definition) is 1. The van der Waals surface area contributed by atoms with Gasteiger partial charge in [0.25, 0.3) is 5.91 Å². The van der Waals surface area contributed by atoms with Crippen LogP contribution in [0.1, 0.15) is 22.8 Å². The molecule has 20 heavy (non-hydrogen) atoms. The minimum Gasteiger partial charge on any atom is -0.476 e.